The van der Waals surface area contributed by atoms with Crippen LogP contribution in [0.2, 0.25) is 0 Å². The number of primary sulfonamides is 1. The molecule has 12 heteroatoms. The fourth-order valence-corrected chi connectivity index (χ4v) is 3.19. The van der Waals surface area contributed by atoms with E-state index in [1.807, 2.05) is 0 Å². The quantitative estimate of drug-likeness (QED) is 0.638. The first-order chi connectivity index (χ1) is 13.4. The van der Waals surface area contributed by atoms with Crippen molar-refractivity contribution in [3.63, 3.8) is 0 Å². The third kappa shape index (κ3) is 4.32. The zero-order valence-electron chi connectivity index (χ0n) is 14.5. The van der Waals surface area contributed by atoms with E-state index in [0.717, 1.165) is 29.0 Å². The Morgan fingerprint density at radius 2 is 1.83 bits per heavy atom. The molecule has 0 bridgehead atoms. The van der Waals surface area contributed by atoms with Crippen molar-refractivity contribution in [1.29, 1.82) is 0 Å². The third-order valence-corrected chi connectivity index (χ3v) is 4.83. The molecule has 1 aromatic heterocycles. The fraction of sp³-hybridized carbons (Fsp3) is 0.118. The summed E-state index contributed by atoms with van der Waals surface area (Å²) in [6.45, 7) is 1.38. The Balaban J connectivity index is 2.14. The first kappa shape index (κ1) is 20.6. The van der Waals surface area contributed by atoms with Crippen LogP contribution in [0.25, 0.3) is 16.9 Å². The van der Waals surface area contributed by atoms with Crippen LogP contribution >= 0.6 is 0 Å². The Morgan fingerprint density at radius 1 is 1.14 bits per heavy atom. The number of hydrogen-bond donors (Lipinski definition) is 1. The van der Waals surface area contributed by atoms with E-state index >= 15 is 0 Å². The second-order valence-electron chi connectivity index (χ2n) is 5.91. The molecule has 0 saturated carbocycles. The summed E-state index contributed by atoms with van der Waals surface area (Å²) >= 11 is 0. The molecule has 0 aliphatic rings. The van der Waals surface area contributed by atoms with Gasteiger partial charge in [0, 0.05) is 11.6 Å². The maximum absolute atomic E-state index is 14.2. The van der Waals surface area contributed by atoms with Gasteiger partial charge in [-0.3, -0.25) is 0 Å². The Hall–Kier alpha value is -3.12. The van der Waals surface area contributed by atoms with Gasteiger partial charge in [0.25, 0.3) is 0 Å². The lowest BCUT2D eigenvalue weighted by Gasteiger charge is -2.14. The van der Waals surface area contributed by atoms with Crippen LogP contribution in [0.5, 0.6) is 5.75 Å². The molecule has 7 nitrogen and oxygen atoms in total. The smallest absolute Gasteiger partial charge is 0.415 e. The van der Waals surface area contributed by atoms with Crippen LogP contribution in [0.1, 0.15) is 5.56 Å². The van der Waals surface area contributed by atoms with Gasteiger partial charge in [-0.05, 0) is 30.7 Å². The van der Waals surface area contributed by atoms with Crippen molar-refractivity contribution in [3.8, 4) is 22.7 Å². The molecular formula is C17H12F4N2O5S. The highest BCUT2D eigenvalue weighted by Crippen LogP contribution is 2.30. The van der Waals surface area contributed by atoms with Crippen LogP contribution in [0, 0.1) is 12.7 Å². The van der Waals surface area contributed by atoms with Crippen LogP contribution in [0.15, 0.2) is 56.8 Å². The topological polar surface area (TPSA) is 105 Å². The van der Waals surface area contributed by atoms with Gasteiger partial charge in [0.1, 0.15) is 22.7 Å². The number of aromatic nitrogens is 1. The molecular weight excluding hydrogens is 420 g/mol. The van der Waals surface area contributed by atoms with Gasteiger partial charge in [-0.15, -0.1) is 13.2 Å². The summed E-state index contributed by atoms with van der Waals surface area (Å²) < 4.78 is 84.2. The van der Waals surface area contributed by atoms with Crippen molar-refractivity contribution in [1.82, 2.24) is 4.57 Å². The summed E-state index contributed by atoms with van der Waals surface area (Å²) in [7, 11) is -4.31. The molecule has 0 spiro atoms. The molecule has 2 aromatic carbocycles. The van der Waals surface area contributed by atoms with Crippen LogP contribution < -0.4 is 15.6 Å². The summed E-state index contributed by atoms with van der Waals surface area (Å²) in [5.41, 5.74) is 0.114. The fourth-order valence-electron chi connectivity index (χ4n) is 2.61. The molecule has 0 atom stereocenters. The lowest BCUT2D eigenvalue weighted by atomic mass is 10.1. The highest BCUT2D eigenvalue weighted by atomic mass is 32.2. The molecule has 0 unspecified atom stereocenters. The predicted molar refractivity (Wildman–Crippen MR) is 92.5 cm³/mol. The molecule has 154 valence electrons. The number of ether oxygens (including phenoxy) is 1. The summed E-state index contributed by atoms with van der Waals surface area (Å²) in [6, 6.07) is 6.48. The molecule has 29 heavy (non-hydrogen) atoms. The largest absolute Gasteiger partial charge is 0.573 e. The number of alkyl halides is 3. The van der Waals surface area contributed by atoms with Crippen molar-refractivity contribution < 1.29 is 35.1 Å². The Labute approximate surface area is 161 Å². The lowest BCUT2D eigenvalue weighted by molar-refractivity contribution is -0.274. The zero-order chi connectivity index (χ0) is 21.6. The van der Waals surface area contributed by atoms with E-state index < -0.39 is 38.6 Å². The van der Waals surface area contributed by atoms with E-state index in [1.165, 1.54) is 25.1 Å². The Bertz CT molecular complexity index is 1250. The lowest BCUT2D eigenvalue weighted by Crippen LogP contribution is -2.19. The van der Waals surface area contributed by atoms with E-state index in [9.17, 15) is 30.8 Å². The van der Waals surface area contributed by atoms with E-state index in [2.05, 4.69) is 4.74 Å². The predicted octanol–water partition coefficient (Wildman–Crippen LogP) is 3.09. The van der Waals surface area contributed by atoms with Gasteiger partial charge < -0.3 is 9.15 Å². The Kier molecular flexibility index (Phi) is 5.01. The number of hydrogen-bond acceptors (Lipinski definition) is 5. The first-order valence-corrected chi connectivity index (χ1v) is 9.31. The van der Waals surface area contributed by atoms with Crippen LogP contribution in [-0.4, -0.2) is 19.3 Å². The Morgan fingerprint density at radius 3 is 2.41 bits per heavy atom. The van der Waals surface area contributed by atoms with Gasteiger partial charge in [0.2, 0.25) is 10.0 Å². The molecule has 0 saturated heterocycles. The minimum atomic E-state index is -4.94. The molecule has 1 heterocycles. The number of nitrogens with zero attached hydrogens (tertiary/aromatic N) is 1. The molecule has 0 fully saturated rings. The van der Waals surface area contributed by atoms with Gasteiger partial charge in [-0.25, -0.2) is 27.3 Å². The molecule has 3 rings (SSSR count). The van der Waals surface area contributed by atoms with Crippen LogP contribution in [-0.2, 0) is 10.0 Å². The average molecular weight is 432 g/mol. The van der Waals surface area contributed by atoms with Crippen LogP contribution in [0.4, 0.5) is 17.6 Å². The maximum Gasteiger partial charge on any atom is 0.573 e. The number of halogens is 4. The number of benzene rings is 2. The number of nitrogens with two attached hydrogens (primary N) is 1. The van der Waals surface area contributed by atoms with Gasteiger partial charge in [0.05, 0.1) is 11.4 Å². The number of aryl methyl sites for hydroxylation is 1. The van der Waals surface area contributed by atoms with Gasteiger partial charge in [-0.1, -0.05) is 12.1 Å². The standard InChI is InChI=1S/C17H12F4N2O5S/c1-9-2-4-11(7-14(9)28-17(19,20)21)23-13(8-27-16(23)24)10-3-5-15(12(18)6-10)29(22,25)26/h2-8H,1H3,(H2,22,25,26). The van der Waals surface area contributed by atoms with E-state index in [1.54, 1.807) is 0 Å². The summed E-state index contributed by atoms with van der Waals surface area (Å²) in [4.78, 5) is 11.4. The minimum Gasteiger partial charge on any atom is -0.415 e. The number of oxazole rings is 1. The summed E-state index contributed by atoms with van der Waals surface area (Å²) in [5, 5.41) is 4.91. The van der Waals surface area contributed by atoms with Crippen molar-refractivity contribution in [2.24, 2.45) is 5.14 Å². The van der Waals surface area contributed by atoms with Crippen LogP contribution in [0.3, 0.4) is 0 Å². The first-order valence-electron chi connectivity index (χ1n) is 7.77. The summed E-state index contributed by atoms with van der Waals surface area (Å²) in [6.07, 6.45) is -3.99. The van der Waals surface area contributed by atoms with Gasteiger partial charge in [-0.2, -0.15) is 0 Å². The van der Waals surface area contributed by atoms with E-state index in [4.69, 9.17) is 9.56 Å². The number of sulfonamides is 1. The maximum atomic E-state index is 14.2. The molecule has 0 aliphatic carbocycles. The van der Waals surface area contributed by atoms with Crippen molar-refractivity contribution in [2.75, 3.05) is 0 Å². The van der Waals surface area contributed by atoms with Gasteiger partial charge in [0.15, 0.2) is 0 Å². The van der Waals surface area contributed by atoms with Crippen molar-refractivity contribution in [3.05, 3.63) is 64.6 Å². The molecule has 0 aliphatic heterocycles. The zero-order valence-corrected chi connectivity index (χ0v) is 15.3. The second kappa shape index (κ2) is 7.04. The highest BCUT2D eigenvalue weighted by molar-refractivity contribution is 7.89. The molecule has 0 amide bonds. The average Bonchev–Trinajstić information content (AvgIpc) is 2.96. The second-order valence-corrected chi connectivity index (χ2v) is 7.44. The third-order valence-electron chi connectivity index (χ3n) is 3.88. The van der Waals surface area contributed by atoms with E-state index in [-0.39, 0.29) is 22.5 Å². The van der Waals surface area contributed by atoms with E-state index in [0.29, 0.717) is 0 Å². The minimum absolute atomic E-state index is 0.0274. The van der Waals surface area contributed by atoms with Crippen molar-refractivity contribution >= 4 is 10.0 Å². The molecule has 3 aromatic rings. The molecule has 2 N–H and O–H groups in total. The normalized spacial score (nSPS) is 12.2. The number of rotatable bonds is 4. The van der Waals surface area contributed by atoms with Crippen molar-refractivity contribution in [2.45, 2.75) is 18.2 Å². The monoisotopic (exact) mass is 432 g/mol. The van der Waals surface area contributed by atoms with Gasteiger partial charge >= 0.3 is 12.1 Å². The highest BCUT2D eigenvalue weighted by Gasteiger charge is 2.32. The summed E-state index contributed by atoms with van der Waals surface area (Å²) in [5.74, 6) is -2.67. The molecule has 0 radical (unpaired) electrons. The SMILES string of the molecule is Cc1ccc(-n2c(-c3ccc(S(N)(=O)=O)c(F)c3)coc2=O)cc1OC(F)(F)F.